The molecule has 0 aliphatic rings. The molecule has 0 aliphatic carbocycles. The topological polar surface area (TPSA) is 21.3 Å². The van der Waals surface area contributed by atoms with Crippen molar-refractivity contribution in [3.8, 4) is 5.75 Å². The minimum Gasteiger partial charge on any atom is -0.490 e. The summed E-state index contributed by atoms with van der Waals surface area (Å²) in [5, 5.41) is 3.13. The zero-order chi connectivity index (χ0) is 11.3. The van der Waals surface area contributed by atoms with Crippen molar-refractivity contribution < 1.29 is 4.74 Å². The van der Waals surface area contributed by atoms with E-state index in [0.717, 1.165) is 18.7 Å². The first-order chi connectivity index (χ1) is 7.13. The van der Waals surface area contributed by atoms with E-state index in [9.17, 15) is 0 Å². The highest BCUT2D eigenvalue weighted by Crippen LogP contribution is 2.20. The molecule has 0 radical (unpaired) electrons. The van der Waals surface area contributed by atoms with Gasteiger partial charge in [-0.3, -0.25) is 0 Å². The van der Waals surface area contributed by atoms with Gasteiger partial charge in [0.2, 0.25) is 0 Å². The predicted octanol–water partition coefficient (Wildman–Crippen LogP) is 2.68. The lowest BCUT2D eigenvalue weighted by Crippen LogP contribution is -2.19. The minimum absolute atomic E-state index is 0.262. The first-order valence-electron chi connectivity index (χ1n) is 5.52. The number of aryl methyl sites for hydroxylation is 2. The number of ether oxygens (including phenoxy) is 1. The molecule has 0 fully saturated rings. The summed E-state index contributed by atoms with van der Waals surface area (Å²) in [5.41, 5.74) is 2.45. The lowest BCUT2D eigenvalue weighted by molar-refractivity contribution is 0.209. The second-order valence-corrected chi connectivity index (χ2v) is 4.09. The van der Waals surface area contributed by atoms with Gasteiger partial charge in [-0.2, -0.15) is 0 Å². The molecule has 1 unspecified atom stereocenters. The first kappa shape index (κ1) is 12.1. The molecule has 1 aromatic rings. The van der Waals surface area contributed by atoms with E-state index in [1.807, 2.05) is 7.05 Å². The van der Waals surface area contributed by atoms with Crippen molar-refractivity contribution in [2.45, 2.75) is 33.3 Å². The zero-order valence-electron chi connectivity index (χ0n) is 10.1. The normalized spacial score (nSPS) is 12.5. The predicted molar refractivity (Wildman–Crippen MR) is 64.5 cm³/mol. The van der Waals surface area contributed by atoms with Gasteiger partial charge >= 0.3 is 0 Å². The summed E-state index contributed by atoms with van der Waals surface area (Å²) in [6.45, 7) is 7.27. The van der Waals surface area contributed by atoms with Gasteiger partial charge in [0, 0.05) is 0 Å². The van der Waals surface area contributed by atoms with E-state index in [2.05, 4.69) is 44.3 Å². The van der Waals surface area contributed by atoms with Crippen LogP contribution in [-0.4, -0.2) is 19.7 Å². The van der Waals surface area contributed by atoms with Gasteiger partial charge < -0.3 is 10.1 Å². The lowest BCUT2D eigenvalue weighted by Gasteiger charge is -2.16. The fourth-order valence-electron chi connectivity index (χ4n) is 1.46. The molecule has 1 N–H and O–H groups in total. The third-order valence-corrected chi connectivity index (χ3v) is 2.47. The molecule has 0 heterocycles. The molecule has 2 nitrogen and oxygen atoms in total. The van der Waals surface area contributed by atoms with E-state index < -0.39 is 0 Å². The van der Waals surface area contributed by atoms with E-state index in [1.54, 1.807) is 0 Å². The summed E-state index contributed by atoms with van der Waals surface area (Å²) in [4.78, 5) is 0. The maximum absolute atomic E-state index is 5.89. The molecule has 1 aromatic carbocycles. The van der Waals surface area contributed by atoms with Crippen molar-refractivity contribution in [2.75, 3.05) is 13.6 Å². The molecule has 0 aliphatic heterocycles. The summed E-state index contributed by atoms with van der Waals surface area (Å²) >= 11 is 0. The fraction of sp³-hybridized carbons (Fsp3) is 0.538. The van der Waals surface area contributed by atoms with Crippen LogP contribution in [0.15, 0.2) is 18.2 Å². The SMILES string of the molecule is CNCCC(C)Oc1cc(C)ccc1C. The van der Waals surface area contributed by atoms with Crippen LogP contribution in [0.5, 0.6) is 5.75 Å². The molecule has 0 aromatic heterocycles. The molecule has 1 atom stereocenters. The van der Waals surface area contributed by atoms with E-state index in [-0.39, 0.29) is 6.10 Å². The van der Waals surface area contributed by atoms with Crippen LogP contribution in [0.2, 0.25) is 0 Å². The van der Waals surface area contributed by atoms with E-state index in [0.29, 0.717) is 0 Å². The van der Waals surface area contributed by atoms with Crippen LogP contribution < -0.4 is 10.1 Å². The molecular formula is C13H21NO. The van der Waals surface area contributed by atoms with Gasteiger partial charge in [0.1, 0.15) is 5.75 Å². The molecule has 84 valence electrons. The van der Waals surface area contributed by atoms with Crippen molar-refractivity contribution in [1.82, 2.24) is 5.32 Å². The standard InChI is InChI=1S/C13H21NO/c1-10-5-6-11(2)13(9-10)15-12(3)7-8-14-4/h5-6,9,12,14H,7-8H2,1-4H3. The molecule has 0 saturated heterocycles. The Bertz CT molecular complexity index is 309. The van der Waals surface area contributed by atoms with Crippen LogP contribution in [0.25, 0.3) is 0 Å². The second kappa shape index (κ2) is 5.76. The molecule has 0 bridgehead atoms. The maximum Gasteiger partial charge on any atom is 0.122 e. The minimum atomic E-state index is 0.262. The smallest absolute Gasteiger partial charge is 0.122 e. The summed E-state index contributed by atoms with van der Waals surface area (Å²) < 4.78 is 5.89. The highest BCUT2D eigenvalue weighted by molar-refractivity contribution is 5.36. The second-order valence-electron chi connectivity index (χ2n) is 4.09. The van der Waals surface area contributed by atoms with Crippen molar-refractivity contribution in [2.24, 2.45) is 0 Å². The average molecular weight is 207 g/mol. The monoisotopic (exact) mass is 207 g/mol. The lowest BCUT2D eigenvalue weighted by atomic mass is 10.1. The Morgan fingerprint density at radius 2 is 2.07 bits per heavy atom. The molecule has 0 saturated carbocycles. The third kappa shape index (κ3) is 3.92. The zero-order valence-corrected chi connectivity index (χ0v) is 10.1. The Hall–Kier alpha value is -1.02. The molecule has 15 heavy (non-hydrogen) atoms. The van der Waals surface area contributed by atoms with Crippen LogP contribution in [-0.2, 0) is 0 Å². The van der Waals surface area contributed by atoms with Crippen LogP contribution in [0.3, 0.4) is 0 Å². The van der Waals surface area contributed by atoms with Gasteiger partial charge in [-0.15, -0.1) is 0 Å². The highest BCUT2D eigenvalue weighted by Gasteiger charge is 2.05. The van der Waals surface area contributed by atoms with Gasteiger partial charge in [-0.05, 0) is 58.0 Å². The number of hydrogen-bond acceptors (Lipinski definition) is 2. The van der Waals surface area contributed by atoms with Crippen LogP contribution in [0, 0.1) is 13.8 Å². The summed E-state index contributed by atoms with van der Waals surface area (Å²) in [6, 6.07) is 6.32. The number of hydrogen-bond donors (Lipinski definition) is 1. The average Bonchev–Trinajstić information content (AvgIpc) is 2.20. The van der Waals surface area contributed by atoms with Crippen LogP contribution in [0.1, 0.15) is 24.5 Å². The van der Waals surface area contributed by atoms with Gasteiger partial charge in [-0.25, -0.2) is 0 Å². The van der Waals surface area contributed by atoms with Crippen molar-refractivity contribution in [3.63, 3.8) is 0 Å². The summed E-state index contributed by atoms with van der Waals surface area (Å²) in [6.07, 6.45) is 1.29. The van der Waals surface area contributed by atoms with Crippen LogP contribution >= 0.6 is 0 Å². The first-order valence-corrected chi connectivity index (χ1v) is 5.52. The maximum atomic E-state index is 5.89. The van der Waals surface area contributed by atoms with Crippen molar-refractivity contribution >= 4 is 0 Å². The van der Waals surface area contributed by atoms with Gasteiger partial charge in [0.15, 0.2) is 0 Å². The van der Waals surface area contributed by atoms with Gasteiger partial charge in [0.05, 0.1) is 6.10 Å². The Morgan fingerprint density at radius 3 is 2.73 bits per heavy atom. The number of rotatable bonds is 5. The van der Waals surface area contributed by atoms with Crippen molar-refractivity contribution in [1.29, 1.82) is 0 Å². The quantitative estimate of drug-likeness (QED) is 0.801. The number of nitrogens with one attached hydrogen (secondary N) is 1. The van der Waals surface area contributed by atoms with Crippen molar-refractivity contribution in [3.05, 3.63) is 29.3 Å². The fourth-order valence-corrected chi connectivity index (χ4v) is 1.46. The molecule has 1 rings (SSSR count). The molecule has 0 spiro atoms. The summed E-state index contributed by atoms with van der Waals surface area (Å²) in [7, 11) is 1.96. The van der Waals surface area contributed by atoms with E-state index in [4.69, 9.17) is 4.74 Å². The highest BCUT2D eigenvalue weighted by atomic mass is 16.5. The van der Waals surface area contributed by atoms with Crippen LogP contribution in [0.4, 0.5) is 0 Å². The van der Waals surface area contributed by atoms with Gasteiger partial charge in [-0.1, -0.05) is 12.1 Å². The van der Waals surface area contributed by atoms with Gasteiger partial charge in [0.25, 0.3) is 0 Å². The molecule has 2 heteroatoms. The van der Waals surface area contributed by atoms with E-state index >= 15 is 0 Å². The Labute approximate surface area is 92.6 Å². The third-order valence-electron chi connectivity index (χ3n) is 2.47. The Morgan fingerprint density at radius 1 is 1.33 bits per heavy atom. The molecular weight excluding hydrogens is 186 g/mol. The number of benzene rings is 1. The Kier molecular flexibility index (Phi) is 4.63. The molecule has 0 amide bonds. The largest absolute Gasteiger partial charge is 0.490 e. The Balaban J connectivity index is 2.59. The summed E-state index contributed by atoms with van der Waals surface area (Å²) in [5.74, 6) is 1.01. The van der Waals surface area contributed by atoms with E-state index in [1.165, 1.54) is 11.1 Å².